The third kappa shape index (κ3) is 9.51. The molecule has 0 amide bonds. The Morgan fingerprint density at radius 3 is 2.47 bits per heavy atom. The molecule has 0 aromatic heterocycles. The number of carboxylic acids is 1. The largest absolute Gasteiger partial charge is 0.478 e. The monoisotopic (exact) mass is 556 g/mol. The van der Waals surface area contributed by atoms with E-state index in [1.54, 1.807) is 26.1 Å². The Morgan fingerprint density at radius 2 is 1.92 bits per heavy atom. The van der Waals surface area contributed by atoms with Crippen LogP contribution in [0.25, 0.3) is 0 Å². The lowest BCUT2D eigenvalue weighted by atomic mass is 9.96. The molecular formula is C28H40ClF3N4O2. The maximum absolute atomic E-state index is 14.4. The molecule has 2 aliphatic heterocycles. The first-order chi connectivity index (χ1) is 17.9. The number of hydrogen-bond donors (Lipinski definition) is 3. The Balaban J connectivity index is 0.00000352. The molecule has 0 bridgehead atoms. The molecule has 38 heavy (non-hydrogen) atoms. The average Bonchev–Trinajstić information content (AvgIpc) is 2.86. The van der Waals surface area contributed by atoms with E-state index in [0.717, 1.165) is 31.8 Å². The van der Waals surface area contributed by atoms with Gasteiger partial charge in [-0.15, -0.1) is 0 Å². The third-order valence-electron chi connectivity index (χ3n) is 5.72. The van der Waals surface area contributed by atoms with Gasteiger partial charge < -0.3 is 15.3 Å². The molecule has 0 saturated heterocycles. The van der Waals surface area contributed by atoms with Crippen molar-refractivity contribution in [3.05, 3.63) is 70.4 Å². The standard InChI is InChI=1S/C26H34ClF3N4O2.C2H6/c1-6-8-9-10-11-31-22-13-17(4)34-15-16(3)12-21(24(34)33-22)23(26(28,29)30)32-18(5)20(25(35)36)14-19(27)7-2;1-2/h7,12-15,18,23,31-32H,4,6,8-11H2,1-3,5H3,(H,35,36);1-2H3/b19-7+,20-14+;. The van der Waals surface area contributed by atoms with Crippen molar-refractivity contribution in [1.29, 1.82) is 0 Å². The second-order valence-electron chi connectivity index (χ2n) is 8.73. The van der Waals surface area contributed by atoms with Crippen LogP contribution in [-0.2, 0) is 4.79 Å². The number of fused-ring (bicyclic) bond motifs is 1. The second kappa shape index (κ2) is 15.6. The number of aliphatic imine (C=N–C) groups is 1. The minimum Gasteiger partial charge on any atom is -0.478 e. The predicted molar refractivity (Wildman–Crippen MR) is 150 cm³/mol. The fourth-order valence-electron chi connectivity index (χ4n) is 3.84. The van der Waals surface area contributed by atoms with Crippen molar-refractivity contribution in [3.63, 3.8) is 0 Å². The van der Waals surface area contributed by atoms with E-state index in [1.165, 1.54) is 24.0 Å². The van der Waals surface area contributed by atoms with Gasteiger partial charge in [0.25, 0.3) is 0 Å². The van der Waals surface area contributed by atoms with E-state index >= 15 is 0 Å². The van der Waals surface area contributed by atoms with Crippen molar-refractivity contribution < 1.29 is 23.1 Å². The van der Waals surface area contributed by atoms with Gasteiger partial charge in [0.1, 0.15) is 17.7 Å². The highest BCUT2D eigenvalue weighted by atomic mass is 35.5. The molecule has 2 atom stereocenters. The van der Waals surface area contributed by atoms with Crippen LogP contribution >= 0.6 is 11.6 Å². The zero-order valence-electron chi connectivity index (χ0n) is 23.0. The molecule has 6 nitrogen and oxygen atoms in total. The Hall–Kier alpha value is -2.78. The van der Waals surface area contributed by atoms with Crippen molar-refractivity contribution >= 4 is 23.4 Å². The number of halogens is 4. The van der Waals surface area contributed by atoms with Gasteiger partial charge in [0.05, 0.1) is 5.57 Å². The zero-order chi connectivity index (χ0) is 29.0. The molecule has 0 aliphatic carbocycles. The third-order valence-corrected chi connectivity index (χ3v) is 6.04. The van der Waals surface area contributed by atoms with Crippen LogP contribution in [0.3, 0.4) is 0 Å². The summed E-state index contributed by atoms with van der Waals surface area (Å²) in [6, 6.07) is -3.37. The van der Waals surface area contributed by atoms with E-state index in [9.17, 15) is 23.1 Å². The summed E-state index contributed by atoms with van der Waals surface area (Å²) in [6.45, 7) is 15.4. The molecule has 0 spiro atoms. The first-order valence-corrected chi connectivity index (χ1v) is 13.3. The molecule has 2 heterocycles. The highest BCUT2D eigenvalue weighted by Gasteiger charge is 2.46. The molecule has 3 N–H and O–H groups in total. The number of amidine groups is 1. The summed E-state index contributed by atoms with van der Waals surface area (Å²) in [5, 5.41) is 15.3. The number of nitrogens with one attached hydrogen (secondary N) is 2. The van der Waals surface area contributed by atoms with Crippen LogP contribution in [0, 0.1) is 0 Å². The summed E-state index contributed by atoms with van der Waals surface area (Å²) in [4.78, 5) is 17.8. The predicted octanol–water partition coefficient (Wildman–Crippen LogP) is 7.16. The number of unbranched alkanes of at least 4 members (excludes halogenated alkanes) is 3. The smallest absolute Gasteiger partial charge is 0.408 e. The van der Waals surface area contributed by atoms with Gasteiger partial charge in [0.2, 0.25) is 0 Å². The normalized spacial score (nSPS) is 17.7. The number of carboxylic acid groups (broad SMARTS) is 1. The lowest BCUT2D eigenvalue weighted by Crippen LogP contribution is -2.52. The minimum absolute atomic E-state index is 0.0820. The number of alkyl halides is 3. The Bertz CT molecular complexity index is 1040. The molecule has 0 fully saturated rings. The molecule has 0 radical (unpaired) electrons. The van der Waals surface area contributed by atoms with E-state index in [1.807, 2.05) is 13.8 Å². The molecule has 212 valence electrons. The maximum atomic E-state index is 14.4. The summed E-state index contributed by atoms with van der Waals surface area (Å²) in [5.41, 5.74) is 0.623. The van der Waals surface area contributed by atoms with E-state index in [2.05, 4.69) is 29.1 Å². The Kier molecular flexibility index (Phi) is 13.6. The van der Waals surface area contributed by atoms with Crippen molar-refractivity contribution in [1.82, 2.24) is 15.5 Å². The van der Waals surface area contributed by atoms with Gasteiger partial charge in [0.15, 0.2) is 0 Å². The number of carbonyl (C=O) groups is 1. The summed E-state index contributed by atoms with van der Waals surface area (Å²) >= 11 is 5.94. The number of allylic oxidation sites excluding steroid dienone is 6. The highest BCUT2D eigenvalue weighted by molar-refractivity contribution is 6.31. The van der Waals surface area contributed by atoms with E-state index in [0.29, 0.717) is 23.6 Å². The van der Waals surface area contributed by atoms with Gasteiger partial charge in [-0.3, -0.25) is 5.32 Å². The summed E-state index contributed by atoms with van der Waals surface area (Å²) in [5.74, 6) is -0.854. The summed E-state index contributed by atoms with van der Waals surface area (Å²) in [6.07, 6.45) is 6.80. The summed E-state index contributed by atoms with van der Waals surface area (Å²) < 4.78 is 43.2. The summed E-state index contributed by atoms with van der Waals surface area (Å²) in [7, 11) is 0. The molecule has 0 saturated carbocycles. The first-order valence-electron chi connectivity index (χ1n) is 12.9. The van der Waals surface area contributed by atoms with E-state index in [4.69, 9.17) is 11.6 Å². The molecule has 0 aromatic rings. The van der Waals surface area contributed by atoms with Crippen LogP contribution in [-0.4, -0.2) is 46.6 Å². The van der Waals surface area contributed by atoms with Gasteiger partial charge in [0, 0.05) is 41.2 Å². The minimum atomic E-state index is -4.74. The van der Waals surface area contributed by atoms with Crippen LogP contribution in [0.2, 0.25) is 0 Å². The molecule has 10 heteroatoms. The van der Waals surface area contributed by atoms with Crippen LogP contribution in [0.1, 0.15) is 67.2 Å². The van der Waals surface area contributed by atoms with Gasteiger partial charge in [-0.2, -0.15) is 13.2 Å². The Labute approximate surface area is 229 Å². The Morgan fingerprint density at radius 1 is 1.26 bits per heavy atom. The molecule has 0 aromatic carbocycles. The molecule has 2 unspecified atom stereocenters. The van der Waals surface area contributed by atoms with Gasteiger partial charge in [-0.1, -0.05) is 64.3 Å². The van der Waals surface area contributed by atoms with Gasteiger partial charge >= 0.3 is 12.1 Å². The quantitative estimate of drug-likeness (QED) is 0.135. The SMILES string of the molecule is C=C1C=C(NCCCCCC)N=C2C(C(NC(C)/C(=C\C(Cl)=C/C)C(=O)O)C(F)(F)F)=CC(C)=CN12.CC. The topological polar surface area (TPSA) is 77.0 Å². The first kappa shape index (κ1) is 33.2. The molecule has 2 aliphatic rings. The van der Waals surface area contributed by atoms with Crippen LogP contribution in [0.15, 0.2) is 75.3 Å². The fraction of sp³-hybridized carbons (Fsp3) is 0.500. The van der Waals surface area contributed by atoms with Crippen molar-refractivity contribution in [3.8, 4) is 0 Å². The second-order valence-corrected chi connectivity index (χ2v) is 9.16. The lowest BCUT2D eigenvalue weighted by Gasteiger charge is -2.36. The van der Waals surface area contributed by atoms with Crippen molar-refractivity contribution in [2.45, 2.75) is 85.5 Å². The number of hydrogen-bond acceptors (Lipinski definition) is 5. The van der Waals surface area contributed by atoms with Crippen LogP contribution in [0.5, 0.6) is 0 Å². The number of rotatable bonds is 12. The highest BCUT2D eigenvalue weighted by Crippen LogP contribution is 2.34. The molecule has 2 rings (SSSR count). The average molecular weight is 557 g/mol. The lowest BCUT2D eigenvalue weighted by molar-refractivity contribution is -0.148. The number of aliphatic carboxylic acids is 1. The molecular weight excluding hydrogens is 517 g/mol. The van der Waals surface area contributed by atoms with Crippen molar-refractivity contribution in [2.75, 3.05) is 6.54 Å². The van der Waals surface area contributed by atoms with Crippen LogP contribution in [0.4, 0.5) is 13.2 Å². The van der Waals surface area contributed by atoms with Crippen LogP contribution < -0.4 is 10.6 Å². The maximum Gasteiger partial charge on any atom is 0.408 e. The van der Waals surface area contributed by atoms with Gasteiger partial charge in [-0.05, 0) is 44.9 Å². The fourth-order valence-corrected chi connectivity index (χ4v) is 3.96. The van der Waals surface area contributed by atoms with E-state index in [-0.39, 0.29) is 22.0 Å². The van der Waals surface area contributed by atoms with Gasteiger partial charge in [-0.25, -0.2) is 9.79 Å². The van der Waals surface area contributed by atoms with E-state index < -0.39 is 24.2 Å². The zero-order valence-corrected chi connectivity index (χ0v) is 23.8. The number of nitrogens with zero attached hydrogens (tertiary/aromatic N) is 2. The van der Waals surface area contributed by atoms with Crippen molar-refractivity contribution in [2.24, 2.45) is 4.99 Å².